The molecule has 5 nitrogen and oxygen atoms in total. The molecule has 0 aromatic rings. The second kappa shape index (κ2) is 6.11. The molecule has 128 valence electrons. The molecular formula is C16H29NO4S. The van der Waals surface area contributed by atoms with E-state index in [0.717, 1.165) is 12.8 Å². The van der Waals surface area contributed by atoms with Gasteiger partial charge in [-0.1, -0.05) is 20.8 Å². The van der Waals surface area contributed by atoms with Crippen LogP contribution in [0.2, 0.25) is 0 Å². The van der Waals surface area contributed by atoms with Gasteiger partial charge < -0.3 is 10.4 Å². The molecule has 1 amide bonds. The van der Waals surface area contributed by atoms with Crippen LogP contribution in [0.4, 0.5) is 0 Å². The van der Waals surface area contributed by atoms with Gasteiger partial charge in [0.15, 0.2) is 9.84 Å². The Hall–Kier alpha value is -0.620. The van der Waals surface area contributed by atoms with Gasteiger partial charge in [-0.15, -0.1) is 0 Å². The van der Waals surface area contributed by atoms with Crippen LogP contribution in [0, 0.1) is 17.3 Å². The standard InChI is InChI=1S/C16H29NO4S/c1-15(2,3)13-4-7-16(19,8-5-13)11-17-14(18)12-6-9-22(20,21)10-12/h12-13,19H,4-11H2,1-3H3,(H,17,18). The first-order chi connectivity index (χ1) is 10.0. The number of nitrogens with one attached hydrogen (secondary N) is 1. The van der Waals surface area contributed by atoms with Gasteiger partial charge in [-0.05, 0) is 43.4 Å². The van der Waals surface area contributed by atoms with Gasteiger partial charge >= 0.3 is 0 Å². The van der Waals surface area contributed by atoms with E-state index in [9.17, 15) is 18.3 Å². The Morgan fingerprint density at radius 2 is 1.82 bits per heavy atom. The molecule has 0 aromatic carbocycles. The van der Waals surface area contributed by atoms with E-state index in [-0.39, 0.29) is 29.4 Å². The molecule has 1 atom stereocenters. The van der Waals surface area contributed by atoms with Gasteiger partial charge in [-0.2, -0.15) is 0 Å². The van der Waals surface area contributed by atoms with E-state index in [1.165, 1.54) is 0 Å². The van der Waals surface area contributed by atoms with E-state index in [4.69, 9.17) is 0 Å². The third kappa shape index (κ3) is 4.44. The Balaban J connectivity index is 1.81. The lowest BCUT2D eigenvalue weighted by molar-refractivity contribution is -0.126. The molecule has 22 heavy (non-hydrogen) atoms. The molecule has 1 aliphatic carbocycles. The Bertz CT molecular complexity index is 513. The molecule has 2 aliphatic rings. The van der Waals surface area contributed by atoms with Crippen molar-refractivity contribution in [3.8, 4) is 0 Å². The SMILES string of the molecule is CC(C)(C)C1CCC(O)(CNC(=O)C2CCS(=O)(=O)C2)CC1. The number of carbonyl (C=O) groups excluding carboxylic acids is 1. The monoisotopic (exact) mass is 331 g/mol. The van der Waals surface area contributed by atoms with Gasteiger partial charge in [-0.3, -0.25) is 4.79 Å². The average molecular weight is 331 g/mol. The summed E-state index contributed by atoms with van der Waals surface area (Å²) >= 11 is 0. The smallest absolute Gasteiger partial charge is 0.224 e. The van der Waals surface area contributed by atoms with Crippen molar-refractivity contribution in [3.63, 3.8) is 0 Å². The van der Waals surface area contributed by atoms with Crippen LogP contribution >= 0.6 is 0 Å². The number of hydrogen-bond donors (Lipinski definition) is 2. The molecule has 0 aromatic heterocycles. The molecule has 6 heteroatoms. The lowest BCUT2D eigenvalue weighted by Gasteiger charge is -2.41. The van der Waals surface area contributed by atoms with Gasteiger partial charge in [-0.25, -0.2) is 8.42 Å². The Kier molecular flexibility index (Phi) is 4.93. The maximum Gasteiger partial charge on any atom is 0.224 e. The van der Waals surface area contributed by atoms with Crippen molar-refractivity contribution in [2.45, 2.75) is 58.5 Å². The second-order valence-corrected chi connectivity index (χ2v) is 10.4. The molecule has 0 spiro atoms. The molecular weight excluding hydrogens is 302 g/mol. The van der Waals surface area contributed by atoms with Crippen LogP contribution in [0.15, 0.2) is 0 Å². The normalized spacial score (nSPS) is 35.3. The van der Waals surface area contributed by atoms with Crippen molar-refractivity contribution < 1.29 is 18.3 Å². The minimum atomic E-state index is -3.05. The highest BCUT2D eigenvalue weighted by Crippen LogP contribution is 2.41. The van der Waals surface area contributed by atoms with Crippen molar-refractivity contribution in [2.24, 2.45) is 17.3 Å². The van der Waals surface area contributed by atoms with Crippen molar-refractivity contribution in [2.75, 3.05) is 18.1 Å². The quantitative estimate of drug-likeness (QED) is 0.821. The molecule has 1 saturated heterocycles. The number of aliphatic hydroxyl groups is 1. The highest BCUT2D eigenvalue weighted by molar-refractivity contribution is 7.91. The van der Waals surface area contributed by atoms with Crippen LogP contribution < -0.4 is 5.32 Å². The van der Waals surface area contributed by atoms with E-state index in [2.05, 4.69) is 26.1 Å². The average Bonchev–Trinajstić information content (AvgIpc) is 2.76. The predicted molar refractivity (Wildman–Crippen MR) is 86.1 cm³/mol. The maximum absolute atomic E-state index is 12.1. The number of hydrogen-bond acceptors (Lipinski definition) is 4. The van der Waals surface area contributed by atoms with Crippen LogP contribution in [-0.4, -0.2) is 43.1 Å². The van der Waals surface area contributed by atoms with Crippen LogP contribution in [-0.2, 0) is 14.6 Å². The topological polar surface area (TPSA) is 83.5 Å². The summed E-state index contributed by atoms with van der Waals surface area (Å²) in [6, 6.07) is 0. The molecule has 2 rings (SSSR count). The fraction of sp³-hybridized carbons (Fsp3) is 0.938. The number of amides is 1. The zero-order valence-electron chi connectivity index (χ0n) is 13.9. The first-order valence-corrected chi connectivity index (χ1v) is 10.0. The third-order valence-electron chi connectivity index (χ3n) is 5.34. The maximum atomic E-state index is 12.1. The number of sulfone groups is 1. The molecule has 1 unspecified atom stereocenters. The minimum absolute atomic E-state index is 0.0522. The Labute approximate surface area is 133 Å². The van der Waals surface area contributed by atoms with Crippen molar-refractivity contribution in [3.05, 3.63) is 0 Å². The van der Waals surface area contributed by atoms with E-state index >= 15 is 0 Å². The van der Waals surface area contributed by atoms with Crippen LogP contribution in [0.5, 0.6) is 0 Å². The minimum Gasteiger partial charge on any atom is -0.388 e. The van der Waals surface area contributed by atoms with Gasteiger partial charge in [0.25, 0.3) is 0 Å². The molecule has 2 N–H and O–H groups in total. The summed E-state index contributed by atoms with van der Waals surface area (Å²) in [5, 5.41) is 13.4. The largest absolute Gasteiger partial charge is 0.388 e. The molecule has 0 radical (unpaired) electrons. The first-order valence-electron chi connectivity index (χ1n) is 8.21. The summed E-state index contributed by atoms with van der Waals surface area (Å²) in [6.07, 6.45) is 3.72. The highest BCUT2D eigenvalue weighted by Gasteiger charge is 2.39. The zero-order chi connectivity index (χ0) is 16.6. The second-order valence-electron chi connectivity index (χ2n) is 8.18. The summed E-state index contributed by atoms with van der Waals surface area (Å²) in [6.45, 7) is 6.91. The molecule has 0 bridgehead atoms. The Morgan fingerprint density at radius 3 is 2.27 bits per heavy atom. The highest BCUT2D eigenvalue weighted by atomic mass is 32.2. The van der Waals surface area contributed by atoms with E-state index in [1.807, 2.05) is 0 Å². The first kappa shape index (κ1) is 17.7. The molecule has 1 saturated carbocycles. The zero-order valence-corrected chi connectivity index (χ0v) is 14.7. The van der Waals surface area contributed by atoms with Gasteiger partial charge in [0.05, 0.1) is 23.0 Å². The van der Waals surface area contributed by atoms with Gasteiger partial charge in [0.1, 0.15) is 0 Å². The van der Waals surface area contributed by atoms with Crippen LogP contribution in [0.3, 0.4) is 0 Å². The van der Waals surface area contributed by atoms with Crippen molar-refractivity contribution in [1.29, 1.82) is 0 Å². The van der Waals surface area contributed by atoms with Crippen LogP contribution in [0.25, 0.3) is 0 Å². The van der Waals surface area contributed by atoms with Crippen molar-refractivity contribution in [1.82, 2.24) is 5.32 Å². The van der Waals surface area contributed by atoms with E-state index in [0.29, 0.717) is 25.2 Å². The summed E-state index contributed by atoms with van der Waals surface area (Å²) < 4.78 is 22.8. The van der Waals surface area contributed by atoms with E-state index in [1.54, 1.807) is 0 Å². The molecule has 2 fully saturated rings. The lowest BCUT2D eigenvalue weighted by Crippen LogP contribution is -2.47. The summed E-state index contributed by atoms with van der Waals surface area (Å²) in [5.74, 6) is -0.0261. The lowest BCUT2D eigenvalue weighted by atomic mass is 9.68. The third-order valence-corrected chi connectivity index (χ3v) is 7.10. The summed E-state index contributed by atoms with van der Waals surface area (Å²) in [5.41, 5.74) is -0.586. The predicted octanol–water partition coefficient (Wildman–Crippen LogP) is 1.50. The van der Waals surface area contributed by atoms with E-state index < -0.39 is 21.4 Å². The Morgan fingerprint density at radius 1 is 1.23 bits per heavy atom. The van der Waals surface area contributed by atoms with Gasteiger partial charge in [0, 0.05) is 6.54 Å². The number of carbonyl (C=O) groups is 1. The summed E-state index contributed by atoms with van der Waals surface area (Å²) in [4.78, 5) is 12.1. The fourth-order valence-electron chi connectivity index (χ4n) is 3.60. The molecule has 1 heterocycles. The van der Waals surface area contributed by atoms with Gasteiger partial charge in [0.2, 0.25) is 5.91 Å². The van der Waals surface area contributed by atoms with Crippen LogP contribution in [0.1, 0.15) is 52.9 Å². The molecule has 1 aliphatic heterocycles. The van der Waals surface area contributed by atoms with Crippen molar-refractivity contribution >= 4 is 15.7 Å². The number of rotatable bonds is 3. The fourth-order valence-corrected chi connectivity index (χ4v) is 5.34. The summed E-state index contributed by atoms with van der Waals surface area (Å²) in [7, 11) is -3.05.